The van der Waals surface area contributed by atoms with Crippen molar-refractivity contribution in [2.45, 2.75) is 37.1 Å². The first-order chi connectivity index (χ1) is 15.9. The Morgan fingerprint density at radius 2 is 1.70 bits per heavy atom. The van der Waals surface area contributed by atoms with Crippen molar-refractivity contribution in [3.63, 3.8) is 0 Å². The molecule has 0 bridgehead atoms. The first kappa shape index (κ1) is 22.9. The molecule has 1 N–H and O–H groups in total. The van der Waals surface area contributed by atoms with E-state index in [1.807, 2.05) is 13.0 Å². The van der Waals surface area contributed by atoms with Crippen molar-refractivity contribution in [3.8, 4) is 5.75 Å². The monoisotopic (exact) mass is 464 g/mol. The van der Waals surface area contributed by atoms with Crippen LogP contribution in [0.25, 0.3) is 0 Å². The number of nitrogens with one attached hydrogen (secondary N) is 1. The highest BCUT2D eigenvalue weighted by molar-refractivity contribution is 7.92. The van der Waals surface area contributed by atoms with Gasteiger partial charge in [-0.15, -0.1) is 0 Å². The van der Waals surface area contributed by atoms with Gasteiger partial charge in [0.05, 0.1) is 23.7 Å². The third-order valence-electron chi connectivity index (χ3n) is 5.98. The van der Waals surface area contributed by atoms with E-state index in [1.54, 1.807) is 42.5 Å². The van der Waals surface area contributed by atoms with Crippen LogP contribution in [-0.2, 0) is 27.7 Å². The molecule has 7 heteroatoms. The maximum atomic E-state index is 13.5. The van der Waals surface area contributed by atoms with Gasteiger partial charge in [-0.2, -0.15) is 0 Å². The molecule has 6 nitrogen and oxygen atoms in total. The average molecular weight is 465 g/mol. The van der Waals surface area contributed by atoms with Gasteiger partial charge in [-0.05, 0) is 79.3 Å². The number of hydrogen-bond acceptors (Lipinski definition) is 4. The fourth-order valence-corrected chi connectivity index (χ4v) is 5.57. The normalized spacial score (nSPS) is 13.8. The maximum Gasteiger partial charge on any atom is 0.264 e. The van der Waals surface area contributed by atoms with Gasteiger partial charge in [-0.25, -0.2) is 8.42 Å². The Morgan fingerprint density at radius 1 is 1.00 bits per heavy atom. The number of hydrogen-bond donors (Lipinski definition) is 1. The van der Waals surface area contributed by atoms with Gasteiger partial charge in [-0.3, -0.25) is 9.10 Å². The van der Waals surface area contributed by atoms with Gasteiger partial charge < -0.3 is 10.1 Å². The Morgan fingerprint density at radius 3 is 2.39 bits per heavy atom. The van der Waals surface area contributed by atoms with Crippen LogP contribution in [0.2, 0.25) is 0 Å². The number of fused-ring (bicyclic) bond motifs is 1. The van der Waals surface area contributed by atoms with E-state index in [0.29, 0.717) is 11.4 Å². The summed E-state index contributed by atoms with van der Waals surface area (Å²) in [6.45, 7) is 1.59. The molecule has 1 amide bonds. The number of aryl methyl sites for hydroxylation is 2. The highest BCUT2D eigenvalue weighted by Gasteiger charge is 2.28. The van der Waals surface area contributed by atoms with E-state index in [-0.39, 0.29) is 23.4 Å². The molecule has 0 aromatic heterocycles. The Hall–Kier alpha value is -3.32. The summed E-state index contributed by atoms with van der Waals surface area (Å²) < 4.78 is 33.2. The summed E-state index contributed by atoms with van der Waals surface area (Å²) in [6, 6.07) is 20.9. The zero-order valence-electron chi connectivity index (χ0n) is 18.8. The average Bonchev–Trinajstić information content (AvgIpc) is 3.31. The van der Waals surface area contributed by atoms with Crippen LogP contribution in [-0.4, -0.2) is 28.0 Å². The van der Waals surface area contributed by atoms with Crippen LogP contribution in [0, 0.1) is 0 Å². The van der Waals surface area contributed by atoms with Crippen molar-refractivity contribution < 1.29 is 17.9 Å². The molecule has 172 valence electrons. The highest BCUT2D eigenvalue weighted by Crippen LogP contribution is 2.27. The smallest absolute Gasteiger partial charge is 0.264 e. The summed E-state index contributed by atoms with van der Waals surface area (Å²) in [5, 5.41) is 2.96. The molecule has 1 aliphatic rings. The number of amides is 1. The summed E-state index contributed by atoms with van der Waals surface area (Å²) in [6.07, 6.45) is 3.33. The van der Waals surface area contributed by atoms with Gasteiger partial charge in [0.25, 0.3) is 10.0 Å². The molecule has 1 aliphatic carbocycles. The van der Waals surface area contributed by atoms with Crippen LogP contribution in [0.15, 0.2) is 77.7 Å². The minimum absolute atomic E-state index is 0.0895. The summed E-state index contributed by atoms with van der Waals surface area (Å²) in [5.74, 6) is 0.185. The summed E-state index contributed by atoms with van der Waals surface area (Å²) in [7, 11) is -2.45. The van der Waals surface area contributed by atoms with Crippen molar-refractivity contribution in [2.24, 2.45) is 0 Å². The zero-order valence-corrected chi connectivity index (χ0v) is 19.6. The molecular formula is C26H28N2O4S. The van der Waals surface area contributed by atoms with Gasteiger partial charge in [0.2, 0.25) is 5.91 Å². The molecule has 0 aliphatic heterocycles. The Kier molecular flexibility index (Phi) is 6.70. The number of ether oxygens (including phenoxy) is 1. The molecule has 3 aromatic carbocycles. The molecule has 0 radical (unpaired) electrons. The van der Waals surface area contributed by atoms with E-state index in [1.165, 1.54) is 30.4 Å². The molecule has 3 aromatic rings. The summed E-state index contributed by atoms with van der Waals surface area (Å²) in [5.41, 5.74) is 4.15. The van der Waals surface area contributed by atoms with E-state index in [0.717, 1.165) is 29.1 Å². The number of nitrogens with zero attached hydrogens (tertiary/aromatic N) is 1. The van der Waals surface area contributed by atoms with Gasteiger partial charge in [0.1, 0.15) is 12.3 Å². The fourth-order valence-electron chi connectivity index (χ4n) is 4.15. The molecule has 0 saturated heterocycles. The number of carbonyl (C=O) groups excluding carboxylic acids is 1. The Balaban J connectivity index is 1.55. The topological polar surface area (TPSA) is 75.7 Å². The van der Waals surface area contributed by atoms with E-state index in [9.17, 15) is 13.2 Å². The van der Waals surface area contributed by atoms with E-state index in [2.05, 4.69) is 17.4 Å². The predicted octanol–water partition coefficient (Wildman–Crippen LogP) is 4.26. The standard InChI is InChI=1S/C26H28N2O4S/c1-19(21-12-11-20-7-6-8-22(20)17-21)27-26(29)18-28(23-9-4-3-5-10-23)33(30,31)25-15-13-24(32-2)14-16-25/h3-5,9-17,19H,6-8,18H2,1-2H3,(H,27,29)/t19-/m1/s1. The number of anilines is 1. The lowest BCUT2D eigenvalue weighted by molar-refractivity contribution is -0.120. The third-order valence-corrected chi connectivity index (χ3v) is 7.77. The molecule has 0 saturated carbocycles. The quantitative estimate of drug-likeness (QED) is 0.541. The minimum atomic E-state index is -3.97. The zero-order chi connectivity index (χ0) is 23.4. The minimum Gasteiger partial charge on any atom is -0.497 e. The molecule has 0 heterocycles. The lowest BCUT2D eigenvalue weighted by Gasteiger charge is -2.25. The van der Waals surface area contributed by atoms with Crippen LogP contribution in [0.4, 0.5) is 5.69 Å². The number of para-hydroxylation sites is 1. The first-order valence-corrected chi connectivity index (χ1v) is 12.5. The number of methoxy groups -OCH3 is 1. The van der Waals surface area contributed by atoms with E-state index in [4.69, 9.17) is 4.74 Å². The molecule has 1 atom stereocenters. The van der Waals surface area contributed by atoms with Crippen molar-refractivity contribution in [3.05, 3.63) is 89.5 Å². The van der Waals surface area contributed by atoms with Crippen LogP contribution >= 0.6 is 0 Å². The largest absolute Gasteiger partial charge is 0.497 e. The highest BCUT2D eigenvalue weighted by atomic mass is 32.2. The first-order valence-electron chi connectivity index (χ1n) is 11.0. The number of benzene rings is 3. The van der Waals surface area contributed by atoms with Crippen LogP contribution in [0.5, 0.6) is 5.75 Å². The maximum absolute atomic E-state index is 13.5. The van der Waals surface area contributed by atoms with Gasteiger partial charge >= 0.3 is 0 Å². The van der Waals surface area contributed by atoms with Gasteiger partial charge in [0, 0.05) is 0 Å². The fraction of sp³-hybridized carbons (Fsp3) is 0.269. The second-order valence-corrected chi connectivity index (χ2v) is 10.1. The van der Waals surface area contributed by atoms with Gasteiger partial charge in [0.15, 0.2) is 0 Å². The predicted molar refractivity (Wildman–Crippen MR) is 129 cm³/mol. The van der Waals surface area contributed by atoms with Crippen LogP contribution in [0.3, 0.4) is 0 Å². The van der Waals surface area contributed by atoms with Crippen LogP contribution < -0.4 is 14.4 Å². The lowest BCUT2D eigenvalue weighted by Crippen LogP contribution is -2.41. The Bertz CT molecular complexity index is 1220. The number of rotatable bonds is 8. The second-order valence-electron chi connectivity index (χ2n) is 8.19. The molecular weight excluding hydrogens is 436 g/mol. The van der Waals surface area contributed by atoms with Crippen molar-refractivity contribution in [2.75, 3.05) is 18.0 Å². The van der Waals surface area contributed by atoms with Crippen molar-refractivity contribution >= 4 is 21.6 Å². The number of sulfonamides is 1. The number of carbonyl (C=O) groups is 1. The molecule has 33 heavy (non-hydrogen) atoms. The summed E-state index contributed by atoms with van der Waals surface area (Å²) >= 11 is 0. The van der Waals surface area contributed by atoms with Crippen molar-refractivity contribution in [1.82, 2.24) is 5.32 Å². The second kappa shape index (κ2) is 9.67. The molecule has 4 rings (SSSR count). The molecule has 0 unspecified atom stereocenters. The molecule has 0 spiro atoms. The van der Waals surface area contributed by atoms with E-state index < -0.39 is 10.0 Å². The molecule has 0 fully saturated rings. The SMILES string of the molecule is COc1ccc(S(=O)(=O)N(CC(=O)N[C@H](C)c2ccc3c(c2)CCC3)c2ccccc2)cc1. The van der Waals surface area contributed by atoms with E-state index >= 15 is 0 Å². The summed E-state index contributed by atoms with van der Waals surface area (Å²) in [4.78, 5) is 13.1. The third kappa shape index (κ3) is 5.03. The van der Waals surface area contributed by atoms with Crippen LogP contribution in [0.1, 0.15) is 36.1 Å². The lowest BCUT2D eigenvalue weighted by atomic mass is 10.0. The van der Waals surface area contributed by atoms with Crippen molar-refractivity contribution in [1.29, 1.82) is 0 Å². The Labute approximate surface area is 195 Å². The van der Waals surface area contributed by atoms with Gasteiger partial charge in [-0.1, -0.05) is 36.4 Å².